The van der Waals surface area contributed by atoms with Crippen LogP contribution in [0.25, 0.3) is 0 Å². The molecule has 0 saturated carbocycles. The van der Waals surface area contributed by atoms with Gasteiger partial charge >= 0.3 is 5.91 Å². The van der Waals surface area contributed by atoms with E-state index in [1.165, 1.54) is 11.8 Å². The van der Waals surface area contributed by atoms with Gasteiger partial charge in [-0.3, -0.25) is 4.79 Å². The van der Waals surface area contributed by atoms with E-state index in [0.717, 1.165) is 17.7 Å². The molecule has 1 heterocycles. The minimum atomic E-state index is -0.352. The molecule has 0 saturated heterocycles. The average molecular weight is 256 g/mol. The molecule has 0 fully saturated rings. The summed E-state index contributed by atoms with van der Waals surface area (Å²) in [6.45, 7) is 3.96. The molecular formula is C15H16N2O2. The molecule has 1 amide bonds. The first kappa shape index (κ1) is 13.1. The Kier molecular flexibility index (Phi) is 4.13. The number of rotatable bonds is 4. The molecule has 0 bridgehead atoms. The van der Waals surface area contributed by atoms with Crippen molar-refractivity contribution in [2.75, 3.05) is 0 Å². The molecule has 0 radical (unpaired) electrons. The standard InChI is InChI=1S/C15H16N2O2/c1-3-12-6-8-13(9-7-12)11(2)16-17-15(18)14-5-4-10-19-14/h4-10H,3H2,1-2H3,(H,17,18). The van der Waals surface area contributed by atoms with Crippen LogP contribution in [0.1, 0.15) is 35.5 Å². The van der Waals surface area contributed by atoms with Crippen molar-refractivity contribution >= 4 is 11.6 Å². The van der Waals surface area contributed by atoms with E-state index in [4.69, 9.17) is 4.42 Å². The van der Waals surface area contributed by atoms with Gasteiger partial charge in [0.15, 0.2) is 5.76 Å². The zero-order chi connectivity index (χ0) is 13.7. The van der Waals surface area contributed by atoms with E-state index >= 15 is 0 Å². The van der Waals surface area contributed by atoms with Crippen molar-refractivity contribution in [2.45, 2.75) is 20.3 Å². The highest BCUT2D eigenvalue weighted by molar-refractivity contribution is 6.00. The molecule has 0 spiro atoms. The lowest BCUT2D eigenvalue weighted by molar-refractivity contribution is 0.0927. The lowest BCUT2D eigenvalue weighted by Gasteiger charge is -2.03. The fourth-order valence-corrected chi connectivity index (χ4v) is 1.64. The van der Waals surface area contributed by atoms with E-state index in [-0.39, 0.29) is 11.7 Å². The number of hydrogen-bond donors (Lipinski definition) is 1. The molecule has 0 atom stereocenters. The predicted molar refractivity (Wildman–Crippen MR) is 74.2 cm³/mol. The maximum atomic E-state index is 11.6. The van der Waals surface area contributed by atoms with Crippen molar-refractivity contribution < 1.29 is 9.21 Å². The van der Waals surface area contributed by atoms with E-state index in [1.807, 2.05) is 19.1 Å². The number of nitrogens with zero attached hydrogens (tertiary/aromatic N) is 1. The highest BCUT2D eigenvalue weighted by Gasteiger charge is 2.07. The SMILES string of the molecule is CCc1ccc(C(C)=NNC(=O)c2ccco2)cc1. The second-order valence-corrected chi connectivity index (χ2v) is 4.17. The summed E-state index contributed by atoms with van der Waals surface area (Å²) in [5, 5.41) is 4.06. The zero-order valence-corrected chi connectivity index (χ0v) is 11.0. The lowest BCUT2D eigenvalue weighted by atomic mass is 10.1. The van der Waals surface area contributed by atoms with Crippen LogP contribution in [0.4, 0.5) is 0 Å². The Morgan fingerprint density at radius 2 is 2.00 bits per heavy atom. The number of carbonyl (C=O) groups is 1. The Morgan fingerprint density at radius 1 is 1.26 bits per heavy atom. The summed E-state index contributed by atoms with van der Waals surface area (Å²) in [6.07, 6.45) is 2.46. The predicted octanol–water partition coefficient (Wildman–Crippen LogP) is 3.00. The summed E-state index contributed by atoms with van der Waals surface area (Å²) in [6, 6.07) is 11.4. The summed E-state index contributed by atoms with van der Waals surface area (Å²) in [4.78, 5) is 11.6. The highest BCUT2D eigenvalue weighted by atomic mass is 16.3. The molecule has 1 N–H and O–H groups in total. The van der Waals surface area contributed by atoms with Gasteiger partial charge in [0.2, 0.25) is 0 Å². The van der Waals surface area contributed by atoms with Crippen LogP contribution in [0.15, 0.2) is 52.2 Å². The monoisotopic (exact) mass is 256 g/mol. The minimum Gasteiger partial charge on any atom is -0.459 e. The first-order chi connectivity index (χ1) is 9.20. The van der Waals surface area contributed by atoms with Gasteiger partial charge in [0.25, 0.3) is 0 Å². The Labute approximate surface area is 112 Å². The largest absolute Gasteiger partial charge is 0.459 e. The van der Waals surface area contributed by atoms with Crippen molar-refractivity contribution in [3.05, 3.63) is 59.5 Å². The average Bonchev–Trinajstić information content (AvgIpc) is 2.98. The fraction of sp³-hybridized carbons (Fsp3) is 0.200. The first-order valence-corrected chi connectivity index (χ1v) is 6.18. The van der Waals surface area contributed by atoms with E-state index < -0.39 is 0 Å². The molecule has 0 unspecified atom stereocenters. The molecule has 1 aromatic heterocycles. The van der Waals surface area contributed by atoms with Crippen LogP contribution in [0, 0.1) is 0 Å². The van der Waals surface area contributed by atoms with E-state index in [0.29, 0.717) is 0 Å². The summed E-state index contributed by atoms with van der Waals surface area (Å²) < 4.78 is 4.98. The smallest absolute Gasteiger partial charge is 0.307 e. The third-order valence-electron chi connectivity index (χ3n) is 2.85. The molecule has 4 nitrogen and oxygen atoms in total. The second-order valence-electron chi connectivity index (χ2n) is 4.17. The van der Waals surface area contributed by atoms with Crippen molar-refractivity contribution in [3.63, 3.8) is 0 Å². The number of amides is 1. The molecule has 19 heavy (non-hydrogen) atoms. The third-order valence-corrected chi connectivity index (χ3v) is 2.85. The van der Waals surface area contributed by atoms with E-state index in [2.05, 4.69) is 29.6 Å². The van der Waals surface area contributed by atoms with Crippen LogP contribution >= 0.6 is 0 Å². The maximum Gasteiger partial charge on any atom is 0.307 e. The summed E-state index contributed by atoms with van der Waals surface area (Å²) in [5.74, 6) is -0.104. The number of hydrazone groups is 1. The minimum absolute atomic E-state index is 0.248. The zero-order valence-electron chi connectivity index (χ0n) is 11.0. The van der Waals surface area contributed by atoms with Crippen molar-refractivity contribution in [3.8, 4) is 0 Å². The van der Waals surface area contributed by atoms with Crippen LogP contribution in [-0.2, 0) is 6.42 Å². The van der Waals surface area contributed by atoms with Crippen LogP contribution in [0.3, 0.4) is 0 Å². The first-order valence-electron chi connectivity index (χ1n) is 6.18. The molecular weight excluding hydrogens is 240 g/mol. The van der Waals surface area contributed by atoms with E-state index in [9.17, 15) is 4.79 Å². The normalized spacial score (nSPS) is 11.4. The molecule has 0 aliphatic carbocycles. The van der Waals surface area contributed by atoms with Crippen molar-refractivity contribution in [1.29, 1.82) is 0 Å². The Balaban J connectivity index is 2.04. The molecule has 2 rings (SSSR count). The van der Waals surface area contributed by atoms with Gasteiger partial charge in [-0.2, -0.15) is 5.10 Å². The van der Waals surface area contributed by atoms with Gasteiger partial charge in [0.1, 0.15) is 0 Å². The van der Waals surface area contributed by atoms with Gasteiger partial charge in [0.05, 0.1) is 12.0 Å². The topological polar surface area (TPSA) is 54.6 Å². The summed E-state index contributed by atoms with van der Waals surface area (Å²) >= 11 is 0. The highest BCUT2D eigenvalue weighted by Crippen LogP contribution is 2.06. The Hall–Kier alpha value is -2.36. The maximum absolute atomic E-state index is 11.6. The van der Waals surface area contributed by atoms with E-state index in [1.54, 1.807) is 12.1 Å². The number of hydrogen-bond acceptors (Lipinski definition) is 3. The summed E-state index contributed by atoms with van der Waals surface area (Å²) in [5.41, 5.74) is 5.48. The number of nitrogens with one attached hydrogen (secondary N) is 1. The molecule has 4 heteroatoms. The van der Waals surface area contributed by atoms with Crippen LogP contribution < -0.4 is 5.43 Å². The van der Waals surface area contributed by atoms with Gasteiger partial charge in [0, 0.05) is 0 Å². The fourth-order valence-electron chi connectivity index (χ4n) is 1.64. The van der Waals surface area contributed by atoms with Gasteiger partial charge in [-0.1, -0.05) is 31.2 Å². The summed E-state index contributed by atoms with van der Waals surface area (Å²) in [7, 11) is 0. The number of carbonyl (C=O) groups excluding carboxylic acids is 1. The molecule has 2 aromatic rings. The molecule has 98 valence electrons. The van der Waals surface area contributed by atoms with Gasteiger partial charge in [-0.15, -0.1) is 0 Å². The van der Waals surface area contributed by atoms with Crippen molar-refractivity contribution in [2.24, 2.45) is 5.10 Å². The molecule has 1 aromatic carbocycles. The van der Waals surface area contributed by atoms with Gasteiger partial charge in [-0.25, -0.2) is 5.43 Å². The quantitative estimate of drug-likeness (QED) is 0.675. The molecule has 0 aliphatic heterocycles. The van der Waals surface area contributed by atoms with Crippen LogP contribution in [0.2, 0.25) is 0 Å². The van der Waals surface area contributed by atoms with Crippen molar-refractivity contribution in [1.82, 2.24) is 5.43 Å². The van der Waals surface area contributed by atoms with Gasteiger partial charge < -0.3 is 4.42 Å². The lowest BCUT2D eigenvalue weighted by Crippen LogP contribution is -2.18. The number of furan rings is 1. The molecule has 0 aliphatic rings. The third kappa shape index (κ3) is 3.31. The second kappa shape index (κ2) is 6.00. The van der Waals surface area contributed by atoms with Crippen LogP contribution in [0.5, 0.6) is 0 Å². The Morgan fingerprint density at radius 3 is 2.58 bits per heavy atom. The Bertz CT molecular complexity index is 569. The van der Waals surface area contributed by atoms with Crippen LogP contribution in [-0.4, -0.2) is 11.6 Å². The number of benzene rings is 1. The van der Waals surface area contributed by atoms with Gasteiger partial charge in [-0.05, 0) is 36.6 Å². The number of aryl methyl sites for hydroxylation is 1.